The third-order valence-electron chi connectivity index (χ3n) is 4.18. The molecule has 0 unspecified atom stereocenters. The fourth-order valence-electron chi connectivity index (χ4n) is 3.35. The maximum atomic E-state index is 12.5. The van der Waals surface area contributed by atoms with Crippen LogP contribution >= 0.6 is 0 Å². The molecule has 1 fully saturated rings. The van der Waals surface area contributed by atoms with E-state index in [1.807, 2.05) is 0 Å². The van der Waals surface area contributed by atoms with E-state index in [0.29, 0.717) is 5.92 Å². The Morgan fingerprint density at radius 1 is 1.45 bits per heavy atom. The lowest BCUT2D eigenvalue weighted by molar-refractivity contribution is -0.131. The molecule has 2 rings (SSSR count). The van der Waals surface area contributed by atoms with Crippen molar-refractivity contribution in [1.82, 2.24) is 20.5 Å². The Labute approximate surface area is 120 Å². The second-order valence-electron chi connectivity index (χ2n) is 6.38. The summed E-state index contributed by atoms with van der Waals surface area (Å²) in [5, 5.41) is 9.79. The lowest BCUT2D eigenvalue weighted by Gasteiger charge is -2.29. The molecule has 1 saturated carbocycles. The van der Waals surface area contributed by atoms with Crippen LogP contribution in [0.1, 0.15) is 58.2 Å². The number of aromatic amines is 1. The van der Waals surface area contributed by atoms with Crippen LogP contribution in [0.5, 0.6) is 0 Å². The van der Waals surface area contributed by atoms with Crippen molar-refractivity contribution in [2.45, 2.75) is 58.8 Å². The lowest BCUT2D eigenvalue weighted by atomic mass is 9.77. The number of H-pyrrole nitrogens is 1. The Bertz CT molecular complexity index is 408. The third kappa shape index (κ3) is 3.81. The smallest absolute Gasteiger partial charge is 0.226 e. The van der Waals surface area contributed by atoms with Gasteiger partial charge in [-0.1, -0.05) is 26.7 Å². The van der Waals surface area contributed by atoms with Gasteiger partial charge in [-0.3, -0.25) is 9.89 Å². The molecule has 0 aliphatic heterocycles. The molecule has 5 heteroatoms. The van der Waals surface area contributed by atoms with E-state index in [1.165, 1.54) is 19.2 Å². The van der Waals surface area contributed by atoms with E-state index >= 15 is 0 Å². The highest BCUT2D eigenvalue weighted by Crippen LogP contribution is 2.43. The molecular formula is C15H26N4O. The molecule has 0 spiro atoms. The van der Waals surface area contributed by atoms with E-state index in [0.717, 1.165) is 44.5 Å². The number of aromatic nitrogens is 3. The average Bonchev–Trinajstić information content (AvgIpc) is 3.05. The first kappa shape index (κ1) is 15.0. The van der Waals surface area contributed by atoms with E-state index in [-0.39, 0.29) is 11.3 Å². The number of nitrogens with one attached hydrogen (secondary N) is 2. The second-order valence-corrected chi connectivity index (χ2v) is 6.38. The predicted octanol–water partition coefficient (Wildman–Crippen LogP) is 2.46. The van der Waals surface area contributed by atoms with Crippen molar-refractivity contribution < 1.29 is 4.79 Å². The van der Waals surface area contributed by atoms with Crippen LogP contribution in [-0.2, 0) is 11.2 Å². The van der Waals surface area contributed by atoms with Gasteiger partial charge in [0.1, 0.15) is 12.2 Å². The van der Waals surface area contributed by atoms with Gasteiger partial charge in [0.15, 0.2) is 0 Å². The SMILES string of the molecule is CC(C)CC1(C(=O)NCCCc2ncn[nH]2)CCCC1. The van der Waals surface area contributed by atoms with Gasteiger partial charge in [0.2, 0.25) is 5.91 Å². The van der Waals surface area contributed by atoms with E-state index in [2.05, 4.69) is 34.3 Å². The Morgan fingerprint density at radius 3 is 2.80 bits per heavy atom. The molecule has 5 nitrogen and oxygen atoms in total. The largest absolute Gasteiger partial charge is 0.356 e. The van der Waals surface area contributed by atoms with Crippen LogP contribution < -0.4 is 5.32 Å². The zero-order valence-corrected chi connectivity index (χ0v) is 12.6. The molecule has 0 aromatic carbocycles. The lowest BCUT2D eigenvalue weighted by Crippen LogP contribution is -2.40. The molecule has 1 amide bonds. The Hall–Kier alpha value is -1.39. The number of rotatable bonds is 7. The molecule has 20 heavy (non-hydrogen) atoms. The van der Waals surface area contributed by atoms with Gasteiger partial charge in [0, 0.05) is 18.4 Å². The summed E-state index contributed by atoms with van der Waals surface area (Å²) in [6, 6.07) is 0. The molecule has 2 N–H and O–H groups in total. The number of hydrogen-bond donors (Lipinski definition) is 2. The molecule has 1 aromatic heterocycles. The van der Waals surface area contributed by atoms with Crippen LogP contribution in [0.15, 0.2) is 6.33 Å². The van der Waals surface area contributed by atoms with Gasteiger partial charge in [-0.05, 0) is 31.6 Å². The predicted molar refractivity (Wildman–Crippen MR) is 78.1 cm³/mol. The maximum absolute atomic E-state index is 12.5. The Balaban J connectivity index is 1.77. The van der Waals surface area contributed by atoms with Crippen molar-refractivity contribution in [3.63, 3.8) is 0 Å². The van der Waals surface area contributed by atoms with Gasteiger partial charge >= 0.3 is 0 Å². The van der Waals surface area contributed by atoms with Gasteiger partial charge < -0.3 is 5.32 Å². The van der Waals surface area contributed by atoms with Crippen molar-refractivity contribution >= 4 is 5.91 Å². The Morgan fingerprint density at radius 2 is 2.20 bits per heavy atom. The second kappa shape index (κ2) is 6.86. The summed E-state index contributed by atoms with van der Waals surface area (Å²) >= 11 is 0. The van der Waals surface area contributed by atoms with Crippen molar-refractivity contribution in [2.24, 2.45) is 11.3 Å². The van der Waals surface area contributed by atoms with E-state index < -0.39 is 0 Å². The van der Waals surface area contributed by atoms with Gasteiger partial charge in [-0.25, -0.2) is 4.98 Å². The fraction of sp³-hybridized carbons (Fsp3) is 0.800. The molecule has 112 valence electrons. The van der Waals surface area contributed by atoms with Crippen molar-refractivity contribution in [2.75, 3.05) is 6.54 Å². The summed E-state index contributed by atoms with van der Waals surface area (Å²) < 4.78 is 0. The van der Waals surface area contributed by atoms with Crippen molar-refractivity contribution in [1.29, 1.82) is 0 Å². The first-order valence-corrected chi connectivity index (χ1v) is 7.75. The highest BCUT2D eigenvalue weighted by Gasteiger charge is 2.40. The highest BCUT2D eigenvalue weighted by atomic mass is 16.2. The number of carbonyl (C=O) groups excluding carboxylic acids is 1. The monoisotopic (exact) mass is 278 g/mol. The first-order valence-electron chi connectivity index (χ1n) is 7.75. The van der Waals surface area contributed by atoms with E-state index in [4.69, 9.17) is 0 Å². The Kier molecular flexibility index (Phi) is 5.15. The summed E-state index contributed by atoms with van der Waals surface area (Å²) in [5.74, 6) is 1.73. The quantitative estimate of drug-likeness (QED) is 0.753. The van der Waals surface area contributed by atoms with E-state index in [9.17, 15) is 4.79 Å². The van der Waals surface area contributed by atoms with Crippen molar-refractivity contribution in [3.05, 3.63) is 12.2 Å². The minimum Gasteiger partial charge on any atom is -0.356 e. The van der Waals surface area contributed by atoms with Crippen molar-refractivity contribution in [3.8, 4) is 0 Å². The molecule has 1 aromatic rings. The van der Waals surface area contributed by atoms with Gasteiger partial charge in [-0.2, -0.15) is 5.10 Å². The first-order chi connectivity index (χ1) is 9.62. The standard InChI is InChI=1S/C15H26N4O/c1-12(2)10-15(7-3-4-8-15)14(20)16-9-5-6-13-17-11-18-19-13/h11-12H,3-10H2,1-2H3,(H,16,20)(H,17,18,19). The fourth-order valence-corrected chi connectivity index (χ4v) is 3.35. The summed E-state index contributed by atoms with van der Waals surface area (Å²) in [7, 11) is 0. The van der Waals surface area contributed by atoms with Crippen LogP contribution in [0.4, 0.5) is 0 Å². The van der Waals surface area contributed by atoms with Gasteiger partial charge in [0.05, 0.1) is 0 Å². The molecular weight excluding hydrogens is 252 g/mol. The number of nitrogens with zero attached hydrogens (tertiary/aromatic N) is 2. The van der Waals surface area contributed by atoms with E-state index in [1.54, 1.807) is 0 Å². The number of amides is 1. The number of aryl methyl sites for hydroxylation is 1. The summed E-state index contributed by atoms with van der Waals surface area (Å²) in [6.45, 7) is 5.13. The van der Waals surface area contributed by atoms with Gasteiger partial charge in [0.25, 0.3) is 0 Å². The topological polar surface area (TPSA) is 70.7 Å². The zero-order valence-electron chi connectivity index (χ0n) is 12.6. The summed E-state index contributed by atoms with van der Waals surface area (Å²) in [6.07, 6.45) is 8.76. The normalized spacial score (nSPS) is 17.6. The average molecular weight is 278 g/mol. The summed E-state index contributed by atoms with van der Waals surface area (Å²) in [4.78, 5) is 16.6. The maximum Gasteiger partial charge on any atom is 0.226 e. The molecule has 0 radical (unpaired) electrons. The minimum absolute atomic E-state index is 0.0968. The van der Waals surface area contributed by atoms with Gasteiger partial charge in [-0.15, -0.1) is 0 Å². The van der Waals surface area contributed by atoms with Crippen LogP contribution in [0, 0.1) is 11.3 Å². The molecule has 1 aliphatic rings. The van der Waals surface area contributed by atoms with Crippen LogP contribution in [-0.4, -0.2) is 27.6 Å². The summed E-state index contributed by atoms with van der Waals surface area (Å²) in [5.41, 5.74) is -0.0968. The highest BCUT2D eigenvalue weighted by molar-refractivity contribution is 5.82. The molecule has 1 aliphatic carbocycles. The van der Waals surface area contributed by atoms with Crippen LogP contribution in [0.3, 0.4) is 0 Å². The minimum atomic E-state index is -0.0968. The molecule has 0 saturated heterocycles. The van der Waals surface area contributed by atoms with Crippen LogP contribution in [0.25, 0.3) is 0 Å². The van der Waals surface area contributed by atoms with Crippen LogP contribution in [0.2, 0.25) is 0 Å². The zero-order chi connectivity index (χ0) is 14.4. The molecule has 0 atom stereocenters. The molecule has 0 bridgehead atoms. The number of hydrogen-bond acceptors (Lipinski definition) is 3. The third-order valence-corrected chi connectivity index (χ3v) is 4.18. The molecule has 1 heterocycles. The number of carbonyl (C=O) groups is 1.